The lowest BCUT2D eigenvalue weighted by molar-refractivity contribution is 0.0992. The Bertz CT molecular complexity index is 900. The number of pyridine rings is 1. The summed E-state index contributed by atoms with van der Waals surface area (Å²) in [5.41, 5.74) is 2.79. The van der Waals surface area contributed by atoms with Crippen molar-refractivity contribution in [2.24, 2.45) is 0 Å². The molecule has 6 nitrogen and oxygen atoms in total. The van der Waals surface area contributed by atoms with E-state index in [-0.39, 0.29) is 18.3 Å². The van der Waals surface area contributed by atoms with Crippen LogP contribution >= 0.6 is 0 Å². The van der Waals surface area contributed by atoms with Crippen LogP contribution in [0.2, 0.25) is 0 Å². The highest BCUT2D eigenvalue weighted by molar-refractivity contribution is 6.02. The Morgan fingerprint density at radius 1 is 1.15 bits per heavy atom. The van der Waals surface area contributed by atoms with Crippen molar-refractivity contribution < 1.29 is 18.7 Å². The fraction of sp³-hybridized carbons (Fsp3) is 0.200. The largest absolute Gasteiger partial charge is 0.485 e. The molecule has 0 spiro atoms. The molecule has 0 aliphatic carbocycles. The van der Waals surface area contributed by atoms with E-state index in [1.807, 2.05) is 26.0 Å². The molecule has 26 heavy (non-hydrogen) atoms. The summed E-state index contributed by atoms with van der Waals surface area (Å²) in [7, 11) is 1.53. The predicted molar refractivity (Wildman–Crippen MR) is 97.7 cm³/mol. The molecule has 1 aromatic carbocycles. The maximum atomic E-state index is 12.2. The number of hydrogen-bond donors (Lipinski definition) is 1. The van der Waals surface area contributed by atoms with Gasteiger partial charge in [-0.05, 0) is 43.7 Å². The number of nitrogens with one attached hydrogen (secondary N) is 1. The minimum Gasteiger partial charge on any atom is -0.485 e. The number of carbonyl (C=O) groups excluding carboxylic acids is 1. The molecule has 0 atom stereocenters. The number of anilines is 1. The fourth-order valence-electron chi connectivity index (χ4n) is 2.46. The van der Waals surface area contributed by atoms with E-state index in [1.165, 1.54) is 18.9 Å². The van der Waals surface area contributed by atoms with Crippen LogP contribution in [0.25, 0.3) is 0 Å². The minimum absolute atomic E-state index is 0.208. The fourth-order valence-corrected chi connectivity index (χ4v) is 2.46. The quantitative estimate of drug-likeness (QED) is 0.722. The molecule has 1 amide bonds. The maximum absolute atomic E-state index is 12.2. The normalized spacial score (nSPS) is 10.4. The minimum atomic E-state index is -0.352. The molecule has 3 aromatic rings. The van der Waals surface area contributed by atoms with Crippen LogP contribution in [0.4, 0.5) is 5.69 Å². The number of ether oxygens (including phenoxy) is 2. The number of nitrogens with zero attached hydrogens (tertiary/aromatic N) is 1. The summed E-state index contributed by atoms with van der Waals surface area (Å²) in [6, 6.07) is 12.7. The lowest BCUT2D eigenvalue weighted by Gasteiger charge is -2.08. The Morgan fingerprint density at radius 3 is 2.69 bits per heavy atom. The SMILES string of the molecule is COc1ccc(NC(=O)c2ccc(COc3ccc(C)cc3C)o2)cn1. The molecular weight excluding hydrogens is 332 g/mol. The molecule has 0 unspecified atom stereocenters. The van der Waals surface area contributed by atoms with Crippen molar-refractivity contribution in [3.63, 3.8) is 0 Å². The number of hydrogen-bond acceptors (Lipinski definition) is 5. The van der Waals surface area contributed by atoms with Crippen molar-refractivity contribution in [3.05, 3.63) is 71.3 Å². The van der Waals surface area contributed by atoms with Crippen molar-refractivity contribution >= 4 is 11.6 Å². The van der Waals surface area contributed by atoms with Crippen LogP contribution in [0.5, 0.6) is 11.6 Å². The second-order valence-electron chi connectivity index (χ2n) is 5.87. The van der Waals surface area contributed by atoms with Crippen LogP contribution in [-0.2, 0) is 6.61 Å². The molecule has 0 aliphatic rings. The highest BCUT2D eigenvalue weighted by atomic mass is 16.5. The van der Waals surface area contributed by atoms with Gasteiger partial charge in [0, 0.05) is 6.07 Å². The van der Waals surface area contributed by atoms with Crippen molar-refractivity contribution in [3.8, 4) is 11.6 Å². The van der Waals surface area contributed by atoms with Gasteiger partial charge in [0.2, 0.25) is 5.88 Å². The number of methoxy groups -OCH3 is 1. The Morgan fingerprint density at radius 2 is 2.00 bits per heavy atom. The third-order valence-corrected chi connectivity index (χ3v) is 3.79. The van der Waals surface area contributed by atoms with E-state index in [4.69, 9.17) is 13.9 Å². The van der Waals surface area contributed by atoms with E-state index >= 15 is 0 Å². The molecule has 0 aliphatic heterocycles. The van der Waals surface area contributed by atoms with Crippen LogP contribution in [0, 0.1) is 13.8 Å². The molecule has 0 fully saturated rings. The van der Waals surface area contributed by atoms with Gasteiger partial charge in [0.25, 0.3) is 5.91 Å². The van der Waals surface area contributed by atoms with Crippen LogP contribution in [0.3, 0.4) is 0 Å². The number of aromatic nitrogens is 1. The molecule has 2 aromatic heterocycles. The third-order valence-electron chi connectivity index (χ3n) is 3.79. The lowest BCUT2D eigenvalue weighted by Crippen LogP contribution is -2.11. The highest BCUT2D eigenvalue weighted by Crippen LogP contribution is 2.21. The number of rotatable bonds is 6. The van der Waals surface area contributed by atoms with Gasteiger partial charge in [-0.2, -0.15) is 0 Å². The molecule has 134 valence electrons. The van der Waals surface area contributed by atoms with Gasteiger partial charge >= 0.3 is 0 Å². The molecular formula is C20H20N2O4. The smallest absolute Gasteiger partial charge is 0.291 e. The molecule has 0 saturated carbocycles. The molecule has 1 N–H and O–H groups in total. The standard InChI is InChI=1S/C20H20N2O4/c1-13-4-7-17(14(2)10-13)25-12-16-6-8-18(26-16)20(23)22-15-5-9-19(24-3)21-11-15/h4-11H,12H2,1-3H3,(H,22,23). The number of amides is 1. The summed E-state index contributed by atoms with van der Waals surface area (Å²) in [4.78, 5) is 16.3. The second kappa shape index (κ2) is 7.74. The zero-order chi connectivity index (χ0) is 18.5. The predicted octanol–water partition coefficient (Wildman–Crippen LogP) is 4.13. The second-order valence-corrected chi connectivity index (χ2v) is 5.87. The summed E-state index contributed by atoms with van der Waals surface area (Å²) in [5.74, 6) is 1.70. The van der Waals surface area contributed by atoms with E-state index in [0.717, 1.165) is 11.3 Å². The first-order valence-corrected chi connectivity index (χ1v) is 8.15. The van der Waals surface area contributed by atoms with Gasteiger partial charge in [-0.15, -0.1) is 0 Å². The van der Waals surface area contributed by atoms with Gasteiger partial charge in [-0.3, -0.25) is 4.79 Å². The monoisotopic (exact) mass is 352 g/mol. The maximum Gasteiger partial charge on any atom is 0.291 e. The number of aryl methyl sites for hydroxylation is 2. The van der Waals surface area contributed by atoms with E-state index in [9.17, 15) is 4.79 Å². The Balaban J connectivity index is 1.60. The first-order chi connectivity index (χ1) is 12.5. The number of benzene rings is 1. The number of carbonyl (C=O) groups is 1. The Hall–Kier alpha value is -3.28. The molecule has 3 rings (SSSR count). The van der Waals surface area contributed by atoms with Crippen LogP contribution in [0.1, 0.15) is 27.4 Å². The molecule has 0 saturated heterocycles. The highest BCUT2D eigenvalue weighted by Gasteiger charge is 2.12. The molecule has 6 heteroatoms. The van der Waals surface area contributed by atoms with Crippen LogP contribution in [0.15, 0.2) is 53.1 Å². The Kier molecular flexibility index (Phi) is 5.22. The summed E-state index contributed by atoms with van der Waals surface area (Å²) in [5, 5.41) is 2.72. The van der Waals surface area contributed by atoms with Crippen molar-refractivity contribution in [1.29, 1.82) is 0 Å². The summed E-state index contributed by atoms with van der Waals surface area (Å²) < 4.78 is 16.3. The topological polar surface area (TPSA) is 73.6 Å². The average Bonchev–Trinajstić information content (AvgIpc) is 3.11. The zero-order valence-electron chi connectivity index (χ0n) is 14.9. The third kappa shape index (κ3) is 4.22. The van der Waals surface area contributed by atoms with Gasteiger partial charge in [0.05, 0.1) is 19.0 Å². The van der Waals surface area contributed by atoms with Gasteiger partial charge in [0.1, 0.15) is 18.1 Å². The van der Waals surface area contributed by atoms with Gasteiger partial charge < -0.3 is 19.2 Å². The van der Waals surface area contributed by atoms with Crippen molar-refractivity contribution in [1.82, 2.24) is 4.98 Å². The van der Waals surface area contributed by atoms with Crippen LogP contribution < -0.4 is 14.8 Å². The summed E-state index contributed by atoms with van der Waals surface area (Å²) in [6.45, 7) is 4.28. The molecule has 0 radical (unpaired) electrons. The van der Waals surface area contributed by atoms with E-state index in [2.05, 4.69) is 16.4 Å². The van der Waals surface area contributed by atoms with Gasteiger partial charge in [-0.1, -0.05) is 17.7 Å². The summed E-state index contributed by atoms with van der Waals surface area (Å²) in [6.07, 6.45) is 1.52. The van der Waals surface area contributed by atoms with Gasteiger partial charge in [-0.25, -0.2) is 4.98 Å². The van der Waals surface area contributed by atoms with E-state index < -0.39 is 0 Å². The number of furan rings is 1. The van der Waals surface area contributed by atoms with Crippen LogP contribution in [-0.4, -0.2) is 18.0 Å². The van der Waals surface area contributed by atoms with E-state index in [0.29, 0.717) is 17.3 Å². The first kappa shape index (κ1) is 17.5. The Labute approximate surface area is 151 Å². The lowest BCUT2D eigenvalue weighted by atomic mass is 10.1. The van der Waals surface area contributed by atoms with Gasteiger partial charge in [0.15, 0.2) is 5.76 Å². The van der Waals surface area contributed by atoms with Crippen molar-refractivity contribution in [2.75, 3.05) is 12.4 Å². The molecule has 2 heterocycles. The molecule has 0 bridgehead atoms. The first-order valence-electron chi connectivity index (χ1n) is 8.15. The van der Waals surface area contributed by atoms with E-state index in [1.54, 1.807) is 24.3 Å². The zero-order valence-corrected chi connectivity index (χ0v) is 14.9. The average molecular weight is 352 g/mol. The summed E-state index contributed by atoms with van der Waals surface area (Å²) >= 11 is 0. The van der Waals surface area contributed by atoms with Crippen molar-refractivity contribution in [2.45, 2.75) is 20.5 Å².